The minimum Gasteiger partial charge on any atom is -0.477 e. The van der Waals surface area contributed by atoms with Crippen molar-refractivity contribution in [1.29, 1.82) is 0 Å². The van der Waals surface area contributed by atoms with Crippen molar-refractivity contribution in [3.05, 3.63) is 33.9 Å². The number of nitrogens with zero attached hydrogens (tertiary/aromatic N) is 3. The Morgan fingerprint density at radius 2 is 1.91 bits per heavy atom. The fourth-order valence-electron chi connectivity index (χ4n) is 2.76. The summed E-state index contributed by atoms with van der Waals surface area (Å²) in [6.45, 7) is 8.72. The van der Waals surface area contributed by atoms with Crippen LogP contribution in [0, 0.1) is 5.92 Å². The molecule has 1 N–H and O–H groups in total. The highest BCUT2D eigenvalue weighted by atomic mass is 16.4. The Morgan fingerprint density at radius 1 is 1.27 bits per heavy atom. The number of carbonyl (C=O) groups is 1. The minimum atomic E-state index is -1.09. The lowest BCUT2D eigenvalue weighted by atomic mass is 10.00. The lowest BCUT2D eigenvalue weighted by Crippen LogP contribution is -2.24. The Labute approximate surface area is 129 Å². The van der Waals surface area contributed by atoms with E-state index in [2.05, 4.69) is 18.9 Å². The number of fused-ring (bicyclic) bond motifs is 1. The van der Waals surface area contributed by atoms with Crippen LogP contribution in [0.15, 0.2) is 16.9 Å². The quantitative estimate of drug-likeness (QED) is 0.890. The van der Waals surface area contributed by atoms with Gasteiger partial charge in [0.1, 0.15) is 11.3 Å². The normalized spacial score (nSPS) is 11.7. The molecule has 0 aliphatic heterocycles. The summed E-state index contributed by atoms with van der Waals surface area (Å²) in [6.07, 6.45) is 1.87. The third kappa shape index (κ3) is 2.91. The first-order valence-corrected chi connectivity index (χ1v) is 7.75. The van der Waals surface area contributed by atoms with Crippen LogP contribution >= 0.6 is 0 Å². The molecule has 0 unspecified atom stereocenters. The summed E-state index contributed by atoms with van der Waals surface area (Å²) in [6, 6.07) is 3.01. The van der Waals surface area contributed by atoms with Crippen molar-refractivity contribution in [3.63, 3.8) is 0 Å². The Balaban J connectivity index is 2.75. The van der Waals surface area contributed by atoms with E-state index in [4.69, 9.17) is 0 Å². The zero-order chi connectivity index (χ0) is 16.4. The first-order chi connectivity index (χ1) is 10.4. The van der Waals surface area contributed by atoms with E-state index in [1.54, 1.807) is 4.57 Å². The van der Waals surface area contributed by atoms with E-state index in [-0.39, 0.29) is 17.5 Å². The molecule has 22 heavy (non-hydrogen) atoms. The number of hydrogen-bond acceptors (Lipinski definition) is 3. The van der Waals surface area contributed by atoms with Crippen LogP contribution in [0.4, 0.5) is 0 Å². The maximum absolute atomic E-state index is 12.2. The average Bonchev–Trinajstić information content (AvgIpc) is 2.88. The minimum absolute atomic E-state index is 0.0159. The molecular weight excluding hydrogens is 282 g/mol. The Bertz CT molecular complexity index is 739. The predicted molar refractivity (Wildman–Crippen MR) is 84.6 cm³/mol. The summed E-state index contributed by atoms with van der Waals surface area (Å²) in [5, 5.41) is 13.8. The summed E-state index contributed by atoms with van der Waals surface area (Å²) < 4.78 is 3.00. The topological polar surface area (TPSA) is 76.6 Å². The summed E-state index contributed by atoms with van der Waals surface area (Å²) in [7, 11) is 0. The molecule has 0 bridgehead atoms. The van der Waals surface area contributed by atoms with Gasteiger partial charge in [0.25, 0.3) is 5.56 Å². The van der Waals surface area contributed by atoms with Gasteiger partial charge in [0.15, 0.2) is 0 Å². The van der Waals surface area contributed by atoms with E-state index in [1.165, 1.54) is 4.52 Å². The van der Waals surface area contributed by atoms with E-state index in [1.807, 2.05) is 19.9 Å². The van der Waals surface area contributed by atoms with Gasteiger partial charge < -0.3 is 9.67 Å². The van der Waals surface area contributed by atoms with Crippen LogP contribution in [0.1, 0.15) is 62.6 Å². The highest BCUT2D eigenvalue weighted by Gasteiger charge is 2.19. The lowest BCUT2D eigenvalue weighted by molar-refractivity contribution is 0.0683. The van der Waals surface area contributed by atoms with Crippen molar-refractivity contribution in [2.45, 2.75) is 53.0 Å². The van der Waals surface area contributed by atoms with Gasteiger partial charge in [-0.2, -0.15) is 9.61 Å². The van der Waals surface area contributed by atoms with Crippen molar-refractivity contribution in [2.24, 2.45) is 5.92 Å². The molecule has 6 heteroatoms. The molecule has 2 rings (SSSR count). The molecule has 2 aromatic heterocycles. The van der Waals surface area contributed by atoms with Crippen LogP contribution in [-0.4, -0.2) is 25.3 Å². The molecule has 120 valence electrons. The Morgan fingerprint density at radius 3 is 2.41 bits per heavy atom. The summed E-state index contributed by atoms with van der Waals surface area (Å²) in [5.74, 6) is -0.554. The smallest absolute Gasteiger partial charge is 0.352 e. The molecule has 0 amide bonds. The maximum atomic E-state index is 12.2. The van der Waals surface area contributed by atoms with Gasteiger partial charge in [-0.3, -0.25) is 4.79 Å². The number of carboxylic acid groups (broad SMARTS) is 1. The molecule has 0 aromatic carbocycles. The van der Waals surface area contributed by atoms with Crippen molar-refractivity contribution in [2.75, 3.05) is 0 Å². The Hall–Kier alpha value is -2.11. The molecule has 0 saturated heterocycles. The van der Waals surface area contributed by atoms with Crippen LogP contribution in [0.3, 0.4) is 0 Å². The molecule has 0 aliphatic carbocycles. The summed E-state index contributed by atoms with van der Waals surface area (Å²) >= 11 is 0. The monoisotopic (exact) mass is 305 g/mol. The van der Waals surface area contributed by atoms with Crippen molar-refractivity contribution < 1.29 is 9.90 Å². The van der Waals surface area contributed by atoms with E-state index < -0.39 is 11.5 Å². The van der Waals surface area contributed by atoms with Crippen LogP contribution in [0.5, 0.6) is 0 Å². The number of rotatable bonds is 6. The van der Waals surface area contributed by atoms with E-state index in [9.17, 15) is 14.7 Å². The fourth-order valence-corrected chi connectivity index (χ4v) is 2.76. The van der Waals surface area contributed by atoms with Crippen LogP contribution in [0.2, 0.25) is 0 Å². The molecule has 0 saturated carbocycles. The number of hydrogen-bond donors (Lipinski definition) is 1. The standard InChI is InChI=1S/C16H23N3O3/c1-5-11(6-2)12-7-14-18(9-10(3)4)13(16(21)22)8-15(20)19(14)17-12/h7-8,10-11H,5-6,9H2,1-4H3,(H,21,22). The molecule has 0 fully saturated rings. The predicted octanol–water partition coefficient (Wildman–Crippen LogP) is 2.75. The van der Waals surface area contributed by atoms with Crippen LogP contribution < -0.4 is 5.56 Å². The molecule has 0 aliphatic rings. The zero-order valence-corrected chi connectivity index (χ0v) is 13.5. The highest BCUT2D eigenvalue weighted by Crippen LogP contribution is 2.23. The second-order valence-electron chi connectivity index (χ2n) is 6.03. The Kier molecular flexibility index (Phi) is 4.68. The lowest BCUT2D eigenvalue weighted by Gasteiger charge is -2.14. The molecule has 2 heterocycles. The maximum Gasteiger partial charge on any atom is 0.352 e. The van der Waals surface area contributed by atoms with Gasteiger partial charge in [0.2, 0.25) is 0 Å². The van der Waals surface area contributed by atoms with E-state index in [0.717, 1.165) is 24.6 Å². The molecule has 0 spiro atoms. The number of aromatic nitrogens is 3. The van der Waals surface area contributed by atoms with Gasteiger partial charge in [0.05, 0.1) is 5.69 Å². The SMILES string of the molecule is CCC(CC)c1cc2n(CC(C)C)c(C(=O)O)cc(=O)n2n1. The van der Waals surface area contributed by atoms with Gasteiger partial charge in [-0.1, -0.05) is 27.7 Å². The zero-order valence-electron chi connectivity index (χ0n) is 13.5. The fraction of sp³-hybridized carbons (Fsp3) is 0.562. The summed E-state index contributed by atoms with van der Waals surface area (Å²) in [4.78, 5) is 23.6. The van der Waals surface area contributed by atoms with E-state index >= 15 is 0 Å². The van der Waals surface area contributed by atoms with Crippen LogP contribution in [0.25, 0.3) is 5.65 Å². The van der Waals surface area contributed by atoms with Crippen molar-refractivity contribution in [1.82, 2.24) is 14.2 Å². The molecule has 6 nitrogen and oxygen atoms in total. The van der Waals surface area contributed by atoms with Crippen molar-refractivity contribution >= 4 is 11.6 Å². The van der Waals surface area contributed by atoms with Gasteiger partial charge in [-0.25, -0.2) is 4.79 Å². The molecule has 0 atom stereocenters. The molecule has 0 radical (unpaired) electrons. The second kappa shape index (κ2) is 6.34. The number of carboxylic acids is 1. The number of aromatic carboxylic acids is 1. The largest absolute Gasteiger partial charge is 0.477 e. The van der Waals surface area contributed by atoms with Gasteiger partial charge >= 0.3 is 5.97 Å². The van der Waals surface area contributed by atoms with Gasteiger partial charge in [0, 0.05) is 24.6 Å². The molecule has 2 aromatic rings. The van der Waals surface area contributed by atoms with Gasteiger partial charge in [-0.05, 0) is 18.8 Å². The summed E-state index contributed by atoms with van der Waals surface area (Å²) in [5.41, 5.74) is 1.02. The first-order valence-electron chi connectivity index (χ1n) is 7.75. The third-order valence-electron chi connectivity index (χ3n) is 3.92. The van der Waals surface area contributed by atoms with Gasteiger partial charge in [-0.15, -0.1) is 0 Å². The van der Waals surface area contributed by atoms with Crippen LogP contribution in [-0.2, 0) is 6.54 Å². The third-order valence-corrected chi connectivity index (χ3v) is 3.92. The second-order valence-corrected chi connectivity index (χ2v) is 6.03. The highest BCUT2D eigenvalue weighted by molar-refractivity contribution is 5.86. The molecular formula is C16H23N3O3. The first kappa shape index (κ1) is 16.3. The van der Waals surface area contributed by atoms with E-state index in [0.29, 0.717) is 12.2 Å². The average molecular weight is 305 g/mol. The van der Waals surface area contributed by atoms with Crippen molar-refractivity contribution in [3.8, 4) is 0 Å².